The molecule has 0 fully saturated rings. The minimum atomic E-state index is -3.58. The third-order valence-corrected chi connectivity index (χ3v) is 3.97. The molecule has 1 aromatic rings. The molecule has 0 saturated heterocycles. The van der Waals surface area contributed by atoms with Crippen LogP contribution < -0.4 is 10.5 Å². The molecule has 0 spiro atoms. The highest BCUT2D eigenvalue weighted by Gasteiger charge is 2.06. The SMILES string of the molecule is CCCCCCCNCc1ccc(S(N)(=O)=O)cc1. The molecular formula is C14H24N2O2S. The van der Waals surface area contributed by atoms with Gasteiger partial charge in [0, 0.05) is 6.54 Å². The molecule has 0 heterocycles. The average molecular weight is 284 g/mol. The Kier molecular flexibility index (Phi) is 7.05. The van der Waals surface area contributed by atoms with E-state index < -0.39 is 10.0 Å². The van der Waals surface area contributed by atoms with Gasteiger partial charge in [0.25, 0.3) is 0 Å². The molecule has 3 N–H and O–H groups in total. The van der Waals surface area contributed by atoms with Gasteiger partial charge in [-0.25, -0.2) is 13.6 Å². The summed E-state index contributed by atoms with van der Waals surface area (Å²) in [5.74, 6) is 0. The molecule has 0 amide bonds. The summed E-state index contributed by atoms with van der Waals surface area (Å²) in [6, 6.07) is 6.69. The monoisotopic (exact) mass is 284 g/mol. The van der Waals surface area contributed by atoms with E-state index in [-0.39, 0.29) is 4.90 Å². The summed E-state index contributed by atoms with van der Waals surface area (Å²) in [6.45, 7) is 3.97. The van der Waals surface area contributed by atoms with Crippen LogP contribution in [0.5, 0.6) is 0 Å². The molecule has 0 aliphatic heterocycles. The quantitative estimate of drug-likeness (QED) is 0.684. The topological polar surface area (TPSA) is 72.2 Å². The van der Waals surface area contributed by atoms with Gasteiger partial charge in [-0.1, -0.05) is 44.7 Å². The zero-order valence-electron chi connectivity index (χ0n) is 11.6. The number of nitrogens with one attached hydrogen (secondary N) is 1. The molecule has 1 rings (SSSR count). The van der Waals surface area contributed by atoms with E-state index in [4.69, 9.17) is 5.14 Å². The van der Waals surface area contributed by atoms with Gasteiger partial charge in [-0.15, -0.1) is 0 Å². The lowest BCUT2D eigenvalue weighted by atomic mass is 10.1. The normalized spacial score (nSPS) is 11.7. The predicted octanol–water partition coefficient (Wildman–Crippen LogP) is 2.39. The number of benzene rings is 1. The molecule has 4 nitrogen and oxygen atoms in total. The standard InChI is InChI=1S/C14H24N2O2S/c1-2-3-4-5-6-11-16-12-13-7-9-14(10-8-13)19(15,17)18/h7-10,16H,2-6,11-12H2,1H3,(H2,15,17,18). The van der Waals surface area contributed by atoms with E-state index in [2.05, 4.69) is 12.2 Å². The van der Waals surface area contributed by atoms with Crippen LogP contribution in [-0.2, 0) is 16.6 Å². The van der Waals surface area contributed by atoms with Crippen LogP contribution in [0.25, 0.3) is 0 Å². The maximum Gasteiger partial charge on any atom is 0.238 e. The smallest absolute Gasteiger partial charge is 0.238 e. The van der Waals surface area contributed by atoms with Gasteiger partial charge in [0.15, 0.2) is 0 Å². The molecule has 0 bridgehead atoms. The Labute approximate surface area is 116 Å². The highest BCUT2D eigenvalue weighted by Crippen LogP contribution is 2.08. The van der Waals surface area contributed by atoms with Gasteiger partial charge in [0.2, 0.25) is 10.0 Å². The second-order valence-electron chi connectivity index (χ2n) is 4.78. The number of primary sulfonamides is 1. The Morgan fingerprint density at radius 1 is 1.05 bits per heavy atom. The summed E-state index contributed by atoms with van der Waals surface area (Å²) < 4.78 is 22.2. The van der Waals surface area contributed by atoms with Crippen LogP contribution in [0.3, 0.4) is 0 Å². The third kappa shape index (κ3) is 6.71. The molecule has 0 radical (unpaired) electrons. The van der Waals surface area contributed by atoms with Crippen molar-refractivity contribution in [1.82, 2.24) is 5.32 Å². The summed E-state index contributed by atoms with van der Waals surface area (Å²) in [4.78, 5) is 0.163. The second kappa shape index (κ2) is 8.30. The molecule has 0 aliphatic carbocycles. The van der Waals surface area contributed by atoms with E-state index in [0.29, 0.717) is 0 Å². The molecule has 0 unspecified atom stereocenters. The van der Waals surface area contributed by atoms with Crippen molar-refractivity contribution in [3.8, 4) is 0 Å². The lowest BCUT2D eigenvalue weighted by Gasteiger charge is -2.05. The van der Waals surface area contributed by atoms with Gasteiger partial charge in [-0.3, -0.25) is 0 Å². The van der Waals surface area contributed by atoms with Crippen molar-refractivity contribution in [3.63, 3.8) is 0 Å². The summed E-state index contributed by atoms with van der Waals surface area (Å²) >= 11 is 0. The van der Waals surface area contributed by atoms with Crippen molar-refractivity contribution < 1.29 is 8.42 Å². The predicted molar refractivity (Wildman–Crippen MR) is 78.3 cm³/mol. The fourth-order valence-electron chi connectivity index (χ4n) is 1.88. The first-order chi connectivity index (χ1) is 9.04. The van der Waals surface area contributed by atoms with E-state index in [1.807, 2.05) is 0 Å². The van der Waals surface area contributed by atoms with Crippen LogP contribution in [0.1, 0.15) is 44.6 Å². The average Bonchev–Trinajstić information content (AvgIpc) is 2.37. The number of sulfonamides is 1. The summed E-state index contributed by atoms with van der Waals surface area (Å²) in [5, 5.41) is 8.40. The first kappa shape index (κ1) is 16.1. The van der Waals surface area contributed by atoms with E-state index in [1.54, 1.807) is 24.3 Å². The first-order valence-electron chi connectivity index (χ1n) is 6.86. The number of nitrogens with two attached hydrogens (primary N) is 1. The molecular weight excluding hydrogens is 260 g/mol. The van der Waals surface area contributed by atoms with Crippen LogP contribution >= 0.6 is 0 Å². The van der Waals surface area contributed by atoms with Crippen molar-refractivity contribution in [1.29, 1.82) is 0 Å². The highest BCUT2D eigenvalue weighted by atomic mass is 32.2. The Morgan fingerprint density at radius 3 is 2.26 bits per heavy atom. The van der Waals surface area contributed by atoms with Crippen LogP contribution in [0.15, 0.2) is 29.2 Å². The van der Waals surface area contributed by atoms with Gasteiger partial charge in [0.1, 0.15) is 0 Å². The maximum absolute atomic E-state index is 11.1. The van der Waals surface area contributed by atoms with E-state index in [0.717, 1.165) is 18.7 Å². The minimum Gasteiger partial charge on any atom is -0.313 e. The first-order valence-corrected chi connectivity index (χ1v) is 8.41. The van der Waals surface area contributed by atoms with Gasteiger partial charge in [0.05, 0.1) is 4.90 Å². The van der Waals surface area contributed by atoms with Crippen LogP contribution in [0, 0.1) is 0 Å². The van der Waals surface area contributed by atoms with Gasteiger partial charge in [-0.05, 0) is 30.7 Å². The Bertz CT molecular complexity index is 455. The van der Waals surface area contributed by atoms with Crippen molar-refractivity contribution in [3.05, 3.63) is 29.8 Å². The Morgan fingerprint density at radius 2 is 1.68 bits per heavy atom. The molecule has 1 aromatic carbocycles. The zero-order valence-corrected chi connectivity index (χ0v) is 12.4. The molecule has 0 aliphatic rings. The van der Waals surface area contributed by atoms with Crippen molar-refractivity contribution in [2.45, 2.75) is 50.5 Å². The fourth-order valence-corrected chi connectivity index (χ4v) is 2.40. The molecule has 0 atom stereocenters. The minimum absolute atomic E-state index is 0.163. The zero-order chi connectivity index (χ0) is 14.1. The summed E-state index contributed by atoms with van der Waals surface area (Å²) in [7, 11) is -3.58. The van der Waals surface area contributed by atoms with Crippen molar-refractivity contribution >= 4 is 10.0 Å². The molecule has 0 saturated carbocycles. The lowest BCUT2D eigenvalue weighted by Crippen LogP contribution is -2.15. The lowest BCUT2D eigenvalue weighted by molar-refractivity contribution is 0.583. The molecule has 5 heteroatoms. The Balaban J connectivity index is 2.23. The van der Waals surface area contributed by atoms with E-state index in [9.17, 15) is 8.42 Å². The van der Waals surface area contributed by atoms with Gasteiger partial charge in [-0.2, -0.15) is 0 Å². The highest BCUT2D eigenvalue weighted by molar-refractivity contribution is 7.89. The van der Waals surface area contributed by atoms with Crippen LogP contribution in [-0.4, -0.2) is 15.0 Å². The Hall–Kier alpha value is -0.910. The largest absolute Gasteiger partial charge is 0.313 e. The summed E-state index contributed by atoms with van der Waals surface area (Å²) in [6.07, 6.45) is 6.35. The third-order valence-electron chi connectivity index (χ3n) is 3.04. The molecule has 19 heavy (non-hydrogen) atoms. The fraction of sp³-hybridized carbons (Fsp3) is 0.571. The van der Waals surface area contributed by atoms with E-state index in [1.165, 1.54) is 32.1 Å². The van der Waals surface area contributed by atoms with Crippen molar-refractivity contribution in [2.75, 3.05) is 6.54 Å². The maximum atomic E-state index is 11.1. The number of rotatable bonds is 9. The van der Waals surface area contributed by atoms with Gasteiger partial charge >= 0.3 is 0 Å². The summed E-state index contributed by atoms with van der Waals surface area (Å²) in [5.41, 5.74) is 1.07. The van der Waals surface area contributed by atoms with Crippen LogP contribution in [0.2, 0.25) is 0 Å². The number of hydrogen-bond acceptors (Lipinski definition) is 3. The molecule has 0 aromatic heterocycles. The molecule has 108 valence electrons. The van der Waals surface area contributed by atoms with Crippen LogP contribution in [0.4, 0.5) is 0 Å². The number of hydrogen-bond donors (Lipinski definition) is 2. The second-order valence-corrected chi connectivity index (χ2v) is 6.34. The van der Waals surface area contributed by atoms with Gasteiger partial charge < -0.3 is 5.32 Å². The van der Waals surface area contributed by atoms with E-state index >= 15 is 0 Å². The number of unbranched alkanes of at least 4 members (excludes halogenated alkanes) is 4. The van der Waals surface area contributed by atoms with Crippen molar-refractivity contribution in [2.24, 2.45) is 5.14 Å².